The smallest absolute Gasteiger partial charge is 0.168 e. The molecule has 0 fully saturated rings. The van der Waals surface area contributed by atoms with E-state index >= 15 is 0 Å². The molecule has 1 aromatic carbocycles. The Morgan fingerprint density at radius 1 is 1.28 bits per heavy atom. The molecule has 0 radical (unpaired) electrons. The zero-order chi connectivity index (χ0) is 12.1. The SMILES string of the molecule is CC1=C(c2csc3ccccc23)N2CCN=C2S1. The first-order valence-corrected chi connectivity index (χ1v) is 7.71. The number of aliphatic imine (C=N–C) groups is 1. The lowest BCUT2D eigenvalue weighted by Gasteiger charge is -2.16. The van der Waals surface area contributed by atoms with Gasteiger partial charge in [0.1, 0.15) is 0 Å². The Morgan fingerprint density at radius 3 is 3.11 bits per heavy atom. The lowest BCUT2D eigenvalue weighted by atomic mass is 10.1. The molecule has 0 unspecified atom stereocenters. The van der Waals surface area contributed by atoms with Crippen LogP contribution in [-0.4, -0.2) is 23.2 Å². The summed E-state index contributed by atoms with van der Waals surface area (Å²) >= 11 is 3.64. The molecule has 90 valence electrons. The predicted molar refractivity (Wildman–Crippen MR) is 81.0 cm³/mol. The Bertz CT molecular complexity index is 697. The first-order chi connectivity index (χ1) is 8.84. The molecule has 0 N–H and O–H groups in total. The molecule has 0 saturated carbocycles. The summed E-state index contributed by atoms with van der Waals surface area (Å²) in [6.45, 7) is 4.16. The fourth-order valence-electron chi connectivity index (χ4n) is 2.59. The van der Waals surface area contributed by atoms with Gasteiger partial charge in [0.25, 0.3) is 0 Å². The van der Waals surface area contributed by atoms with E-state index in [9.17, 15) is 0 Å². The van der Waals surface area contributed by atoms with Crippen molar-refractivity contribution in [3.05, 3.63) is 40.1 Å². The topological polar surface area (TPSA) is 15.6 Å². The van der Waals surface area contributed by atoms with E-state index in [-0.39, 0.29) is 0 Å². The van der Waals surface area contributed by atoms with Crippen molar-refractivity contribution in [2.45, 2.75) is 6.92 Å². The van der Waals surface area contributed by atoms with Gasteiger partial charge in [-0.15, -0.1) is 11.3 Å². The van der Waals surface area contributed by atoms with Gasteiger partial charge < -0.3 is 4.90 Å². The molecule has 4 rings (SSSR count). The molecule has 2 nitrogen and oxygen atoms in total. The molecule has 2 aliphatic rings. The summed E-state index contributed by atoms with van der Waals surface area (Å²) in [6.07, 6.45) is 0. The van der Waals surface area contributed by atoms with Crippen LogP contribution < -0.4 is 0 Å². The monoisotopic (exact) mass is 272 g/mol. The summed E-state index contributed by atoms with van der Waals surface area (Å²) in [5.74, 6) is 0. The molecule has 0 atom stereocenters. The van der Waals surface area contributed by atoms with Crippen molar-refractivity contribution in [3.8, 4) is 0 Å². The number of hydrogen-bond acceptors (Lipinski definition) is 4. The standard InChI is InChI=1S/C14H12N2S2/c1-9-13(16-7-6-15-14(16)18-9)11-8-17-12-5-3-2-4-10(11)12/h2-5,8H,6-7H2,1H3. The maximum Gasteiger partial charge on any atom is 0.168 e. The largest absolute Gasteiger partial charge is 0.318 e. The third-order valence-electron chi connectivity index (χ3n) is 3.39. The second kappa shape index (κ2) is 3.87. The van der Waals surface area contributed by atoms with Crippen LogP contribution in [0.5, 0.6) is 0 Å². The Balaban J connectivity index is 1.93. The molecule has 0 saturated heterocycles. The normalized spacial score (nSPS) is 18.7. The Kier molecular flexibility index (Phi) is 2.29. The van der Waals surface area contributed by atoms with Crippen molar-refractivity contribution < 1.29 is 0 Å². The van der Waals surface area contributed by atoms with Crippen molar-refractivity contribution in [2.24, 2.45) is 4.99 Å². The maximum atomic E-state index is 4.56. The average Bonchev–Trinajstić information content (AvgIpc) is 3.03. The van der Waals surface area contributed by atoms with Crippen LogP contribution in [0.25, 0.3) is 15.8 Å². The van der Waals surface area contributed by atoms with Crippen LogP contribution in [0, 0.1) is 0 Å². The van der Waals surface area contributed by atoms with E-state index in [0.717, 1.165) is 13.1 Å². The fourth-order valence-corrected chi connectivity index (χ4v) is 4.58. The highest BCUT2D eigenvalue weighted by molar-refractivity contribution is 8.17. The lowest BCUT2D eigenvalue weighted by molar-refractivity contribution is 0.649. The van der Waals surface area contributed by atoms with Gasteiger partial charge in [-0.3, -0.25) is 4.99 Å². The number of amidine groups is 1. The highest BCUT2D eigenvalue weighted by atomic mass is 32.2. The van der Waals surface area contributed by atoms with Crippen LogP contribution in [-0.2, 0) is 0 Å². The van der Waals surface area contributed by atoms with E-state index in [2.05, 4.69) is 46.5 Å². The van der Waals surface area contributed by atoms with Gasteiger partial charge >= 0.3 is 0 Å². The lowest BCUT2D eigenvalue weighted by Crippen LogP contribution is -2.19. The molecule has 18 heavy (non-hydrogen) atoms. The van der Waals surface area contributed by atoms with Gasteiger partial charge in [-0.05, 0) is 13.0 Å². The summed E-state index contributed by atoms with van der Waals surface area (Å²) < 4.78 is 1.36. The second-order valence-corrected chi connectivity index (χ2v) is 6.56. The predicted octanol–water partition coefficient (Wildman–Crippen LogP) is 4.01. The van der Waals surface area contributed by atoms with Gasteiger partial charge in [0.2, 0.25) is 0 Å². The summed E-state index contributed by atoms with van der Waals surface area (Å²) in [5.41, 5.74) is 2.74. The number of benzene rings is 1. The van der Waals surface area contributed by atoms with E-state index in [1.807, 2.05) is 23.1 Å². The van der Waals surface area contributed by atoms with E-state index in [1.165, 1.54) is 31.4 Å². The molecule has 0 bridgehead atoms. The number of allylic oxidation sites excluding steroid dienone is 1. The van der Waals surface area contributed by atoms with Crippen molar-refractivity contribution in [3.63, 3.8) is 0 Å². The summed E-state index contributed by atoms with van der Waals surface area (Å²) in [7, 11) is 0. The summed E-state index contributed by atoms with van der Waals surface area (Å²) in [6, 6.07) is 8.64. The van der Waals surface area contributed by atoms with Crippen LogP contribution >= 0.6 is 23.1 Å². The number of rotatable bonds is 1. The number of hydrogen-bond donors (Lipinski definition) is 0. The van der Waals surface area contributed by atoms with Crippen molar-refractivity contribution in [2.75, 3.05) is 13.1 Å². The minimum atomic E-state index is 0.932. The third-order valence-corrected chi connectivity index (χ3v) is 5.38. The van der Waals surface area contributed by atoms with Crippen molar-refractivity contribution in [1.29, 1.82) is 0 Å². The van der Waals surface area contributed by atoms with Gasteiger partial charge in [0, 0.05) is 32.5 Å². The molecule has 2 aromatic rings. The van der Waals surface area contributed by atoms with Crippen LogP contribution in [0.2, 0.25) is 0 Å². The molecule has 0 amide bonds. The molecule has 0 aliphatic carbocycles. The van der Waals surface area contributed by atoms with E-state index in [1.54, 1.807) is 0 Å². The zero-order valence-corrected chi connectivity index (χ0v) is 11.6. The summed E-state index contributed by atoms with van der Waals surface area (Å²) in [4.78, 5) is 8.30. The van der Waals surface area contributed by atoms with Gasteiger partial charge in [0.15, 0.2) is 5.17 Å². The van der Waals surface area contributed by atoms with Gasteiger partial charge in [-0.25, -0.2) is 0 Å². The first kappa shape index (κ1) is 10.6. The van der Waals surface area contributed by atoms with E-state index in [0.29, 0.717) is 0 Å². The van der Waals surface area contributed by atoms with Gasteiger partial charge in [0.05, 0.1) is 12.2 Å². The molecule has 4 heteroatoms. The highest BCUT2D eigenvalue weighted by Gasteiger charge is 2.31. The highest BCUT2D eigenvalue weighted by Crippen LogP contribution is 2.44. The van der Waals surface area contributed by atoms with E-state index < -0.39 is 0 Å². The first-order valence-electron chi connectivity index (χ1n) is 6.02. The van der Waals surface area contributed by atoms with Gasteiger partial charge in [-0.2, -0.15) is 0 Å². The van der Waals surface area contributed by atoms with Crippen LogP contribution in [0.15, 0.2) is 39.5 Å². The summed E-state index contributed by atoms with van der Waals surface area (Å²) in [5, 5.41) is 4.83. The minimum absolute atomic E-state index is 0.932. The molecular weight excluding hydrogens is 260 g/mol. The minimum Gasteiger partial charge on any atom is -0.318 e. The van der Waals surface area contributed by atoms with Crippen molar-refractivity contribution in [1.82, 2.24) is 4.90 Å². The molecular formula is C14H12N2S2. The Morgan fingerprint density at radius 2 is 2.17 bits per heavy atom. The fraction of sp³-hybridized carbons (Fsp3) is 0.214. The second-order valence-electron chi connectivity index (χ2n) is 4.47. The maximum absolute atomic E-state index is 4.56. The quantitative estimate of drug-likeness (QED) is 0.779. The molecule has 0 spiro atoms. The Labute approximate surface area is 114 Å². The van der Waals surface area contributed by atoms with Crippen LogP contribution in [0.1, 0.15) is 12.5 Å². The van der Waals surface area contributed by atoms with Crippen LogP contribution in [0.4, 0.5) is 0 Å². The van der Waals surface area contributed by atoms with E-state index in [4.69, 9.17) is 0 Å². The molecule has 2 aliphatic heterocycles. The van der Waals surface area contributed by atoms with Crippen LogP contribution in [0.3, 0.4) is 0 Å². The number of thioether (sulfide) groups is 1. The molecule has 1 aromatic heterocycles. The molecule has 3 heterocycles. The zero-order valence-electron chi connectivity index (χ0n) is 10.0. The number of fused-ring (bicyclic) bond motifs is 2. The number of nitrogens with zero attached hydrogens (tertiary/aromatic N) is 2. The Hall–Kier alpha value is -1.26. The number of thiophene rings is 1. The van der Waals surface area contributed by atoms with Crippen molar-refractivity contribution >= 4 is 44.0 Å². The third kappa shape index (κ3) is 1.39. The van der Waals surface area contributed by atoms with Gasteiger partial charge in [-0.1, -0.05) is 30.0 Å². The average molecular weight is 272 g/mol.